The first-order valence-electron chi connectivity index (χ1n) is 9.59. The van der Waals surface area contributed by atoms with Crippen molar-refractivity contribution in [1.29, 1.82) is 0 Å². The molecule has 0 unspecified atom stereocenters. The molecular formula is C22H21N5O3. The van der Waals surface area contributed by atoms with Crippen molar-refractivity contribution in [1.82, 2.24) is 4.57 Å². The summed E-state index contributed by atoms with van der Waals surface area (Å²) in [6, 6.07) is 10.9. The molecule has 1 aliphatic carbocycles. The van der Waals surface area contributed by atoms with Crippen molar-refractivity contribution in [3.05, 3.63) is 68.3 Å². The van der Waals surface area contributed by atoms with Gasteiger partial charge in [0.25, 0.3) is 5.56 Å². The second-order valence-corrected chi connectivity index (χ2v) is 7.35. The molecule has 8 nitrogen and oxygen atoms in total. The monoisotopic (exact) mass is 403 g/mol. The van der Waals surface area contributed by atoms with E-state index in [1.165, 1.54) is 0 Å². The predicted molar refractivity (Wildman–Crippen MR) is 117 cm³/mol. The Labute approximate surface area is 172 Å². The molecule has 1 aliphatic rings. The lowest BCUT2D eigenvalue weighted by atomic mass is 10.0. The van der Waals surface area contributed by atoms with Crippen LogP contribution in [-0.4, -0.2) is 38.1 Å². The Morgan fingerprint density at radius 2 is 1.90 bits per heavy atom. The Morgan fingerprint density at radius 3 is 2.60 bits per heavy atom. The van der Waals surface area contributed by atoms with Crippen LogP contribution >= 0.6 is 0 Å². The van der Waals surface area contributed by atoms with E-state index in [4.69, 9.17) is 10.3 Å². The van der Waals surface area contributed by atoms with E-state index in [9.17, 15) is 9.59 Å². The fourth-order valence-corrected chi connectivity index (χ4v) is 3.96. The largest absolute Gasteiger partial charge is 0.497 e. The maximum atomic E-state index is 13.5. The number of ketones is 1. The molecular weight excluding hydrogens is 382 g/mol. The van der Waals surface area contributed by atoms with Crippen molar-refractivity contribution < 1.29 is 9.53 Å². The standard InChI is InChI=1S/C22H21N5O3/c1-26(2)13-5-7-15-18(11-13)22(29)27(10-4-9-24-25-23)20-16-8-6-14(30-3)12-17(16)21(28)19(15)20/h5-8,11-12H,4,9-10H2,1-3H3. The van der Waals surface area contributed by atoms with E-state index >= 15 is 0 Å². The van der Waals surface area contributed by atoms with Crippen LogP contribution in [0.3, 0.4) is 0 Å². The second kappa shape index (κ2) is 7.57. The van der Waals surface area contributed by atoms with E-state index in [2.05, 4.69) is 10.0 Å². The number of fused-ring (bicyclic) bond motifs is 5. The molecule has 1 aromatic heterocycles. The number of hydrogen-bond acceptors (Lipinski definition) is 5. The van der Waals surface area contributed by atoms with Crippen LogP contribution < -0.4 is 15.2 Å². The molecule has 0 atom stereocenters. The number of aromatic nitrogens is 1. The number of pyridine rings is 1. The number of anilines is 1. The van der Waals surface area contributed by atoms with Gasteiger partial charge in [0.05, 0.1) is 23.8 Å². The number of methoxy groups -OCH3 is 1. The van der Waals surface area contributed by atoms with Crippen molar-refractivity contribution in [2.24, 2.45) is 5.11 Å². The van der Waals surface area contributed by atoms with E-state index in [1.807, 2.05) is 43.3 Å². The summed E-state index contributed by atoms with van der Waals surface area (Å²) in [5.74, 6) is 0.469. The minimum atomic E-state index is -0.162. The molecule has 0 radical (unpaired) electrons. The highest BCUT2D eigenvalue weighted by Gasteiger charge is 2.33. The third-order valence-corrected chi connectivity index (χ3v) is 5.43. The number of rotatable bonds is 6. The molecule has 4 rings (SSSR count). The Morgan fingerprint density at radius 1 is 1.10 bits per heavy atom. The second-order valence-electron chi connectivity index (χ2n) is 7.35. The molecule has 0 saturated heterocycles. The Bertz CT molecular complexity index is 1290. The van der Waals surface area contributed by atoms with Crippen molar-refractivity contribution >= 4 is 22.2 Å². The van der Waals surface area contributed by atoms with E-state index in [0.29, 0.717) is 46.3 Å². The number of benzene rings is 2. The van der Waals surface area contributed by atoms with Crippen LogP contribution in [-0.2, 0) is 6.54 Å². The lowest BCUT2D eigenvalue weighted by Crippen LogP contribution is -2.24. The number of hydrogen-bond donors (Lipinski definition) is 0. The number of ether oxygens (including phenoxy) is 1. The first-order valence-corrected chi connectivity index (χ1v) is 9.59. The van der Waals surface area contributed by atoms with Gasteiger partial charge in [-0.25, -0.2) is 0 Å². The van der Waals surface area contributed by atoms with Gasteiger partial charge < -0.3 is 14.2 Å². The van der Waals surface area contributed by atoms with Crippen LogP contribution in [0.5, 0.6) is 5.75 Å². The Hall–Kier alpha value is -3.77. The first-order chi connectivity index (χ1) is 14.5. The minimum Gasteiger partial charge on any atom is -0.497 e. The summed E-state index contributed by atoms with van der Waals surface area (Å²) in [4.78, 5) is 31.5. The molecule has 2 aromatic carbocycles. The van der Waals surface area contributed by atoms with Gasteiger partial charge in [0, 0.05) is 54.3 Å². The van der Waals surface area contributed by atoms with Crippen molar-refractivity contribution in [3.8, 4) is 17.0 Å². The zero-order chi connectivity index (χ0) is 21.4. The molecule has 8 heteroatoms. The highest BCUT2D eigenvalue weighted by Crippen LogP contribution is 2.41. The van der Waals surface area contributed by atoms with Crippen molar-refractivity contribution in [3.63, 3.8) is 0 Å². The van der Waals surface area contributed by atoms with Crippen LogP contribution in [0, 0.1) is 0 Å². The highest BCUT2D eigenvalue weighted by atomic mass is 16.5. The highest BCUT2D eigenvalue weighted by molar-refractivity contribution is 6.27. The maximum absolute atomic E-state index is 13.5. The molecule has 0 N–H and O–H groups in total. The summed E-state index contributed by atoms with van der Waals surface area (Å²) >= 11 is 0. The first kappa shape index (κ1) is 19.5. The van der Waals surface area contributed by atoms with E-state index in [0.717, 1.165) is 11.3 Å². The molecule has 152 valence electrons. The quantitative estimate of drug-likeness (QED) is 0.210. The molecule has 0 spiro atoms. The number of carbonyl (C=O) groups is 1. The molecule has 30 heavy (non-hydrogen) atoms. The lowest BCUT2D eigenvalue weighted by molar-refractivity contribution is 0.104. The summed E-state index contributed by atoms with van der Waals surface area (Å²) in [5.41, 5.74) is 11.6. The van der Waals surface area contributed by atoms with Crippen molar-refractivity contribution in [2.45, 2.75) is 13.0 Å². The fraction of sp³-hybridized carbons (Fsp3) is 0.273. The topological polar surface area (TPSA) is 100 Å². The third-order valence-electron chi connectivity index (χ3n) is 5.43. The van der Waals surface area contributed by atoms with Crippen LogP contribution in [0.25, 0.3) is 32.5 Å². The van der Waals surface area contributed by atoms with Crippen LogP contribution in [0.15, 0.2) is 46.3 Å². The summed E-state index contributed by atoms with van der Waals surface area (Å²) in [7, 11) is 5.36. The predicted octanol–water partition coefficient (Wildman–Crippen LogP) is 3.99. The normalized spacial score (nSPS) is 11.8. The fourth-order valence-electron chi connectivity index (χ4n) is 3.96. The van der Waals surface area contributed by atoms with Gasteiger partial charge >= 0.3 is 0 Å². The average Bonchev–Trinajstić information content (AvgIpc) is 3.04. The molecule has 3 aromatic rings. The van der Waals surface area contributed by atoms with Gasteiger partial charge in [-0.05, 0) is 42.3 Å². The Kier molecular flexibility index (Phi) is 4.93. The maximum Gasteiger partial charge on any atom is 0.259 e. The van der Waals surface area contributed by atoms with E-state index in [-0.39, 0.29) is 17.9 Å². The van der Waals surface area contributed by atoms with Gasteiger partial charge in [0.15, 0.2) is 5.78 Å². The summed E-state index contributed by atoms with van der Waals surface area (Å²) < 4.78 is 6.93. The SMILES string of the molecule is COc1ccc2c(c1)C(=O)c1c-2n(CCCN=[N+]=[N-])c(=O)c2cc(N(C)C)ccc12. The smallest absolute Gasteiger partial charge is 0.259 e. The van der Waals surface area contributed by atoms with Gasteiger partial charge in [-0.15, -0.1) is 0 Å². The van der Waals surface area contributed by atoms with Crippen LogP contribution in [0.4, 0.5) is 5.69 Å². The van der Waals surface area contributed by atoms with Crippen LogP contribution in [0.1, 0.15) is 22.3 Å². The van der Waals surface area contributed by atoms with Gasteiger partial charge in [0.1, 0.15) is 5.75 Å². The van der Waals surface area contributed by atoms with Gasteiger partial charge in [0.2, 0.25) is 0 Å². The molecule has 0 aliphatic heterocycles. The Balaban J connectivity index is 2.02. The van der Waals surface area contributed by atoms with Gasteiger partial charge in [-0.1, -0.05) is 11.2 Å². The zero-order valence-electron chi connectivity index (χ0n) is 17.0. The summed E-state index contributed by atoms with van der Waals surface area (Å²) in [5, 5.41) is 4.71. The summed E-state index contributed by atoms with van der Waals surface area (Å²) in [6.45, 7) is 0.623. The van der Waals surface area contributed by atoms with Gasteiger partial charge in [-0.3, -0.25) is 9.59 Å². The molecule has 0 fully saturated rings. The summed E-state index contributed by atoms with van der Waals surface area (Å²) in [6.07, 6.45) is 0.495. The van der Waals surface area contributed by atoms with Crippen LogP contribution in [0.2, 0.25) is 0 Å². The molecule has 1 heterocycles. The van der Waals surface area contributed by atoms with Gasteiger partial charge in [-0.2, -0.15) is 0 Å². The number of azide groups is 1. The number of nitrogens with zero attached hydrogens (tertiary/aromatic N) is 5. The molecule has 0 amide bonds. The average molecular weight is 403 g/mol. The number of carbonyl (C=O) groups excluding carboxylic acids is 1. The molecule has 0 saturated carbocycles. The molecule has 0 bridgehead atoms. The van der Waals surface area contributed by atoms with Crippen molar-refractivity contribution in [2.75, 3.05) is 32.6 Å². The minimum absolute atomic E-state index is 0.120. The lowest BCUT2D eigenvalue weighted by Gasteiger charge is -2.17. The van der Waals surface area contributed by atoms with E-state index in [1.54, 1.807) is 23.8 Å². The van der Waals surface area contributed by atoms with E-state index < -0.39 is 0 Å². The zero-order valence-corrected chi connectivity index (χ0v) is 17.0. The third kappa shape index (κ3) is 2.98.